The minimum Gasteiger partial charge on any atom is -0.399 e. The van der Waals surface area contributed by atoms with Gasteiger partial charge in [0.25, 0.3) is 0 Å². The summed E-state index contributed by atoms with van der Waals surface area (Å²) in [6.07, 6.45) is 0. The van der Waals surface area contributed by atoms with Crippen molar-refractivity contribution in [1.29, 1.82) is 0 Å². The molecular formula is C11H15FN2O2S. The van der Waals surface area contributed by atoms with Crippen molar-refractivity contribution in [2.45, 2.75) is 24.0 Å². The molecule has 1 rings (SSSR count). The van der Waals surface area contributed by atoms with Gasteiger partial charge in [0, 0.05) is 17.1 Å². The van der Waals surface area contributed by atoms with Gasteiger partial charge >= 0.3 is 0 Å². The first kappa shape index (κ1) is 13.6. The number of amides is 1. The lowest BCUT2D eigenvalue weighted by molar-refractivity contribution is -0.120. The first-order valence-corrected chi connectivity index (χ1v) is 6.41. The molecule has 0 heterocycles. The van der Waals surface area contributed by atoms with E-state index < -0.39 is 21.9 Å². The van der Waals surface area contributed by atoms with Crippen molar-refractivity contribution in [1.82, 2.24) is 5.32 Å². The Bertz CT molecular complexity index is 431. The van der Waals surface area contributed by atoms with Gasteiger partial charge in [-0.15, -0.1) is 0 Å². The van der Waals surface area contributed by atoms with E-state index in [9.17, 15) is 13.4 Å². The van der Waals surface area contributed by atoms with E-state index in [1.807, 2.05) is 0 Å². The molecule has 4 nitrogen and oxygen atoms in total. The molecule has 6 heteroatoms. The molecule has 2 unspecified atom stereocenters. The smallest absolute Gasteiger partial charge is 0.235 e. The Morgan fingerprint density at radius 3 is 2.71 bits per heavy atom. The average Bonchev–Trinajstić information content (AvgIpc) is 2.26. The number of rotatable bonds is 4. The number of nitrogens with one attached hydrogen (secondary N) is 1. The Morgan fingerprint density at radius 1 is 1.53 bits per heavy atom. The van der Waals surface area contributed by atoms with Gasteiger partial charge in [0.1, 0.15) is 11.1 Å². The summed E-state index contributed by atoms with van der Waals surface area (Å²) in [7, 11) is -1.61. The molecule has 0 fully saturated rings. The summed E-state index contributed by atoms with van der Waals surface area (Å²) in [5.41, 5.74) is 5.65. The van der Waals surface area contributed by atoms with Gasteiger partial charge in [0.2, 0.25) is 5.91 Å². The molecule has 1 amide bonds. The van der Waals surface area contributed by atoms with Crippen LogP contribution in [0, 0.1) is 5.82 Å². The molecule has 94 valence electrons. The van der Waals surface area contributed by atoms with Gasteiger partial charge in [-0.05, 0) is 32.0 Å². The average molecular weight is 258 g/mol. The van der Waals surface area contributed by atoms with E-state index in [0.29, 0.717) is 6.54 Å². The van der Waals surface area contributed by atoms with Crippen LogP contribution in [0.25, 0.3) is 0 Å². The predicted octanol–water partition coefficient (Wildman–Crippen LogP) is 1.04. The number of benzene rings is 1. The summed E-state index contributed by atoms with van der Waals surface area (Å²) >= 11 is 0. The summed E-state index contributed by atoms with van der Waals surface area (Å²) < 4.78 is 25.1. The molecule has 0 aliphatic carbocycles. The van der Waals surface area contributed by atoms with Gasteiger partial charge in [0.15, 0.2) is 0 Å². The number of carbonyl (C=O) groups is 1. The van der Waals surface area contributed by atoms with Gasteiger partial charge < -0.3 is 11.1 Å². The van der Waals surface area contributed by atoms with E-state index in [1.54, 1.807) is 6.92 Å². The minimum absolute atomic E-state index is 0.191. The third kappa shape index (κ3) is 3.52. The largest absolute Gasteiger partial charge is 0.399 e. The summed E-state index contributed by atoms with van der Waals surface area (Å²) in [6.45, 7) is 3.77. The Morgan fingerprint density at radius 2 is 2.18 bits per heavy atom. The van der Waals surface area contributed by atoms with Crippen LogP contribution >= 0.6 is 0 Å². The molecule has 0 saturated carbocycles. The molecule has 0 saturated heterocycles. The summed E-state index contributed by atoms with van der Waals surface area (Å²) in [6, 6.07) is 3.68. The zero-order valence-electron chi connectivity index (χ0n) is 9.70. The maximum Gasteiger partial charge on any atom is 0.235 e. The van der Waals surface area contributed by atoms with Crippen LogP contribution in [0.2, 0.25) is 0 Å². The van der Waals surface area contributed by atoms with E-state index in [2.05, 4.69) is 5.32 Å². The highest BCUT2D eigenvalue weighted by molar-refractivity contribution is 7.86. The van der Waals surface area contributed by atoms with Crippen molar-refractivity contribution in [3.8, 4) is 0 Å². The topological polar surface area (TPSA) is 72.2 Å². The molecule has 0 aromatic heterocycles. The fourth-order valence-corrected chi connectivity index (χ4v) is 2.49. The standard InChI is InChI=1S/C11H15FN2O2S/c1-3-14-11(15)7(2)17(16)10-5-8(12)4-9(13)6-10/h4-7H,3,13H2,1-2H3,(H,14,15). The molecule has 0 aliphatic rings. The Labute approximate surface area is 102 Å². The van der Waals surface area contributed by atoms with Gasteiger partial charge in [-0.25, -0.2) is 4.39 Å². The van der Waals surface area contributed by atoms with E-state index in [0.717, 1.165) is 12.1 Å². The van der Waals surface area contributed by atoms with Crippen molar-refractivity contribution in [2.75, 3.05) is 12.3 Å². The normalized spacial score (nSPS) is 14.1. The summed E-state index contributed by atoms with van der Waals surface area (Å²) in [5, 5.41) is 1.83. The Balaban J connectivity index is 2.92. The Kier molecular flexibility index (Phi) is 4.62. The molecule has 1 aromatic rings. The first-order valence-electron chi connectivity index (χ1n) is 5.20. The minimum atomic E-state index is -1.61. The monoisotopic (exact) mass is 258 g/mol. The second kappa shape index (κ2) is 5.77. The number of anilines is 1. The highest BCUT2D eigenvalue weighted by Crippen LogP contribution is 2.17. The molecule has 0 radical (unpaired) electrons. The number of carbonyl (C=O) groups excluding carboxylic acids is 1. The van der Waals surface area contributed by atoms with Gasteiger partial charge in [-0.2, -0.15) is 0 Å². The number of nitrogen functional groups attached to an aromatic ring is 1. The SMILES string of the molecule is CCNC(=O)C(C)S(=O)c1cc(N)cc(F)c1. The number of hydrogen-bond donors (Lipinski definition) is 2. The van der Waals surface area contributed by atoms with E-state index in [4.69, 9.17) is 5.73 Å². The van der Waals surface area contributed by atoms with Crippen LogP contribution in [-0.2, 0) is 15.6 Å². The Hall–Kier alpha value is -1.43. The van der Waals surface area contributed by atoms with Crippen LogP contribution in [-0.4, -0.2) is 21.9 Å². The lowest BCUT2D eigenvalue weighted by Gasteiger charge is -2.11. The van der Waals surface area contributed by atoms with E-state index in [1.165, 1.54) is 13.0 Å². The van der Waals surface area contributed by atoms with Crippen LogP contribution in [0.3, 0.4) is 0 Å². The van der Waals surface area contributed by atoms with Crippen molar-refractivity contribution < 1.29 is 13.4 Å². The lowest BCUT2D eigenvalue weighted by Crippen LogP contribution is -2.35. The molecule has 1 aromatic carbocycles. The molecular weight excluding hydrogens is 243 g/mol. The fourth-order valence-electron chi connectivity index (χ4n) is 1.32. The third-order valence-electron chi connectivity index (χ3n) is 2.17. The van der Waals surface area contributed by atoms with Crippen LogP contribution in [0.1, 0.15) is 13.8 Å². The van der Waals surface area contributed by atoms with Crippen LogP contribution in [0.4, 0.5) is 10.1 Å². The quantitative estimate of drug-likeness (QED) is 0.793. The van der Waals surface area contributed by atoms with Gasteiger partial charge in [0.05, 0.1) is 10.8 Å². The van der Waals surface area contributed by atoms with Crippen LogP contribution in [0.5, 0.6) is 0 Å². The van der Waals surface area contributed by atoms with Crippen molar-refractivity contribution >= 4 is 22.4 Å². The molecule has 17 heavy (non-hydrogen) atoms. The second-order valence-electron chi connectivity index (χ2n) is 3.55. The summed E-state index contributed by atoms with van der Waals surface area (Å²) in [5.74, 6) is -0.884. The maximum atomic E-state index is 13.1. The van der Waals surface area contributed by atoms with Gasteiger partial charge in [-0.1, -0.05) is 0 Å². The molecule has 0 spiro atoms. The van der Waals surface area contributed by atoms with Crippen molar-refractivity contribution in [2.24, 2.45) is 0 Å². The molecule has 0 bridgehead atoms. The number of hydrogen-bond acceptors (Lipinski definition) is 3. The highest BCUT2D eigenvalue weighted by atomic mass is 32.2. The fraction of sp³-hybridized carbons (Fsp3) is 0.364. The van der Waals surface area contributed by atoms with Crippen LogP contribution in [0.15, 0.2) is 23.1 Å². The van der Waals surface area contributed by atoms with Crippen molar-refractivity contribution in [3.05, 3.63) is 24.0 Å². The number of halogens is 1. The van der Waals surface area contributed by atoms with Crippen LogP contribution < -0.4 is 11.1 Å². The molecule has 0 aliphatic heterocycles. The predicted molar refractivity (Wildman–Crippen MR) is 65.4 cm³/mol. The second-order valence-corrected chi connectivity index (χ2v) is 5.33. The molecule has 3 N–H and O–H groups in total. The number of nitrogens with two attached hydrogens (primary N) is 1. The zero-order valence-corrected chi connectivity index (χ0v) is 10.5. The van der Waals surface area contributed by atoms with E-state index >= 15 is 0 Å². The first-order chi connectivity index (χ1) is 7.95. The lowest BCUT2D eigenvalue weighted by atomic mass is 10.3. The maximum absolute atomic E-state index is 13.1. The highest BCUT2D eigenvalue weighted by Gasteiger charge is 2.21. The van der Waals surface area contributed by atoms with Crippen molar-refractivity contribution in [3.63, 3.8) is 0 Å². The summed E-state index contributed by atoms with van der Waals surface area (Å²) in [4.78, 5) is 11.7. The zero-order chi connectivity index (χ0) is 13.0. The molecule has 2 atom stereocenters. The van der Waals surface area contributed by atoms with E-state index in [-0.39, 0.29) is 16.5 Å². The van der Waals surface area contributed by atoms with Gasteiger partial charge in [-0.3, -0.25) is 9.00 Å². The third-order valence-corrected chi connectivity index (χ3v) is 3.72.